The van der Waals surface area contributed by atoms with Crippen molar-refractivity contribution in [1.82, 2.24) is 10.3 Å². The molecule has 2 atom stereocenters. The van der Waals surface area contributed by atoms with Crippen molar-refractivity contribution in [2.45, 2.75) is 33.6 Å². The molecule has 2 aromatic rings. The van der Waals surface area contributed by atoms with Crippen molar-refractivity contribution >= 4 is 10.9 Å². The second-order valence-corrected chi connectivity index (χ2v) is 5.85. The van der Waals surface area contributed by atoms with Crippen molar-refractivity contribution in [3.63, 3.8) is 0 Å². The Balaban J connectivity index is 2.04. The first-order valence-corrected chi connectivity index (χ1v) is 7.75. The van der Waals surface area contributed by atoms with E-state index in [0.29, 0.717) is 11.8 Å². The molecule has 0 aliphatic carbocycles. The summed E-state index contributed by atoms with van der Waals surface area (Å²) >= 11 is 0. The molecule has 0 bridgehead atoms. The summed E-state index contributed by atoms with van der Waals surface area (Å²) in [6, 6.07) is 10.6. The molecule has 0 aliphatic rings. The Morgan fingerprint density at radius 1 is 1.10 bits per heavy atom. The van der Waals surface area contributed by atoms with E-state index in [2.05, 4.69) is 61.4 Å². The molecule has 0 fully saturated rings. The zero-order valence-corrected chi connectivity index (χ0v) is 12.9. The van der Waals surface area contributed by atoms with Crippen LogP contribution in [0.4, 0.5) is 0 Å². The third-order valence-electron chi connectivity index (χ3n) is 4.15. The predicted molar refractivity (Wildman–Crippen MR) is 86.9 cm³/mol. The lowest BCUT2D eigenvalue weighted by atomic mass is 9.88. The molecule has 0 radical (unpaired) electrons. The summed E-state index contributed by atoms with van der Waals surface area (Å²) in [7, 11) is 0. The van der Waals surface area contributed by atoms with E-state index in [9.17, 15) is 0 Å². The normalized spacial score (nSPS) is 14.3. The average molecular weight is 270 g/mol. The van der Waals surface area contributed by atoms with Gasteiger partial charge in [0.2, 0.25) is 0 Å². The zero-order chi connectivity index (χ0) is 14.4. The molecule has 1 aromatic carbocycles. The van der Waals surface area contributed by atoms with Crippen LogP contribution >= 0.6 is 0 Å². The lowest BCUT2D eigenvalue weighted by molar-refractivity contribution is 0.366. The molecular formula is C18H26N2. The Labute approximate surface area is 122 Å². The van der Waals surface area contributed by atoms with Gasteiger partial charge in [-0.1, -0.05) is 39.0 Å². The molecule has 20 heavy (non-hydrogen) atoms. The van der Waals surface area contributed by atoms with Crippen LogP contribution in [0.5, 0.6) is 0 Å². The van der Waals surface area contributed by atoms with Crippen molar-refractivity contribution < 1.29 is 0 Å². The first kappa shape index (κ1) is 15.0. The summed E-state index contributed by atoms with van der Waals surface area (Å²) in [5, 5.41) is 4.83. The highest BCUT2D eigenvalue weighted by atomic mass is 14.8. The number of rotatable bonds is 7. The van der Waals surface area contributed by atoms with Gasteiger partial charge >= 0.3 is 0 Å². The number of pyridine rings is 1. The number of nitrogens with zero attached hydrogens (tertiary/aromatic N) is 1. The highest BCUT2D eigenvalue weighted by molar-refractivity contribution is 5.81. The minimum Gasteiger partial charge on any atom is -0.316 e. The largest absolute Gasteiger partial charge is 0.316 e. The first-order valence-electron chi connectivity index (χ1n) is 7.75. The fraction of sp³-hybridized carbons (Fsp3) is 0.500. The van der Waals surface area contributed by atoms with Crippen LogP contribution in [0.2, 0.25) is 0 Å². The molecule has 0 saturated carbocycles. The van der Waals surface area contributed by atoms with Gasteiger partial charge in [-0.15, -0.1) is 0 Å². The van der Waals surface area contributed by atoms with Crippen molar-refractivity contribution in [2.75, 3.05) is 13.1 Å². The quantitative estimate of drug-likeness (QED) is 0.768. The molecule has 0 amide bonds. The van der Waals surface area contributed by atoms with Crippen LogP contribution in [-0.4, -0.2) is 18.1 Å². The lowest BCUT2D eigenvalue weighted by Gasteiger charge is -2.21. The summed E-state index contributed by atoms with van der Waals surface area (Å²) in [4.78, 5) is 4.44. The minimum atomic E-state index is 0.671. The topological polar surface area (TPSA) is 24.9 Å². The highest BCUT2D eigenvalue weighted by Crippen LogP contribution is 2.22. The maximum Gasteiger partial charge on any atom is 0.0704 e. The number of hydrogen-bond donors (Lipinski definition) is 1. The highest BCUT2D eigenvalue weighted by Gasteiger charge is 2.14. The first-order chi connectivity index (χ1) is 9.72. The van der Waals surface area contributed by atoms with E-state index in [1.54, 1.807) is 0 Å². The summed E-state index contributed by atoms with van der Waals surface area (Å²) in [5.74, 6) is 1.36. The van der Waals surface area contributed by atoms with E-state index in [4.69, 9.17) is 0 Å². The van der Waals surface area contributed by atoms with Gasteiger partial charge in [-0.25, -0.2) is 0 Å². The third-order valence-corrected chi connectivity index (χ3v) is 4.15. The predicted octanol–water partition coefficient (Wildman–Crippen LogP) is 4.05. The molecule has 0 spiro atoms. The Bertz CT molecular complexity index is 530. The Morgan fingerprint density at radius 2 is 1.90 bits per heavy atom. The summed E-state index contributed by atoms with van der Waals surface area (Å²) in [6.07, 6.45) is 4.26. The van der Waals surface area contributed by atoms with Crippen LogP contribution in [0.1, 0.15) is 32.8 Å². The Hall–Kier alpha value is -1.41. The number of fused-ring (bicyclic) bond motifs is 1. The maximum absolute atomic E-state index is 4.44. The van der Waals surface area contributed by atoms with Gasteiger partial charge in [-0.05, 0) is 55.5 Å². The molecule has 2 heteroatoms. The monoisotopic (exact) mass is 270 g/mol. The van der Waals surface area contributed by atoms with Gasteiger partial charge in [-0.2, -0.15) is 0 Å². The smallest absolute Gasteiger partial charge is 0.0704 e. The van der Waals surface area contributed by atoms with E-state index in [0.717, 1.165) is 25.0 Å². The number of hydrogen-bond acceptors (Lipinski definition) is 2. The molecule has 1 N–H and O–H groups in total. The van der Waals surface area contributed by atoms with Crippen molar-refractivity contribution in [3.05, 3.63) is 42.1 Å². The second kappa shape index (κ2) is 7.39. The summed E-state index contributed by atoms with van der Waals surface area (Å²) in [5.41, 5.74) is 2.53. The fourth-order valence-electron chi connectivity index (χ4n) is 2.59. The van der Waals surface area contributed by atoms with Crippen LogP contribution in [0.15, 0.2) is 36.5 Å². The molecule has 0 aliphatic heterocycles. The van der Waals surface area contributed by atoms with Crippen molar-refractivity contribution in [1.29, 1.82) is 0 Å². The SMILES string of the molecule is CCCNCC(C)C(C)Cc1ccnc2ccccc12. The zero-order valence-electron chi connectivity index (χ0n) is 12.9. The Kier molecular flexibility index (Phi) is 5.54. The van der Waals surface area contributed by atoms with E-state index in [1.807, 2.05) is 6.20 Å². The number of aromatic nitrogens is 1. The second-order valence-electron chi connectivity index (χ2n) is 5.85. The van der Waals surface area contributed by atoms with Gasteiger partial charge in [0, 0.05) is 11.6 Å². The average Bonchev–Trinajstić information content (AvgIpc) is 2.47. The van der Waals surface area contributed by atoms with Crippen LogP contribution in [-0.2, 0) is 6.42 Å². The van der Waals surface area contributed by atoms with Crippen LogP contribution in [0.25, 0.3) is 10.9 Å². The van der Waals surface area contributed by atoms with E-state index >= 15 is 0 Å². The summed E-state index contributed by atoms with van der Waals surface area (Å²) in [6.45, 7) is 9.14. The maximum atomic E-state index is 4.44. The Morgan fingerprint density at radius 3 is 2.70 bits per heavy atom. The minimum absolute atomic E-state index is 0.671. The van der Waals surface area contributed by atoms with Crippen LogP contribution < -0.4 is 5.32 Å². The molecule has 108 valence electrons. The molecule has 0 saturated heterocycles. The van der Waals surface area contributed by atoms with E-state index < -0.39 is 0 Å². The van der Waals surface area contributed by atoms with Gasteiger partial charge in [0.15, 0.2) is 0 Å². The number of nitrogens with one attached hydrogen (secondary N) is 1. The van der Waals surface area contributed by atoms with E-state index in [-0.39, 0.29) is 0 Å². The molecule has 1 heterocycles. The molecular weight excluding hydrogens is 244 g/mol. The van der Waals surface area contributed by atoms with Crippen molar-refractivity contribution in [3.8, 4) is 0 Å². The van der Waals surface area contributed by atoms with Gasteiger partial charge < -0.3 is 5.32 Å². The van der Waals surface area contributed by atoms with Gasteiger partial charge in [0.05, 0.1) is 5.52 Å². The molecule has 2 nitrogen and oxygen atoms in total. The molecule has 2 rings (SSSR count). The van der Waals surface area contributed by atoms with Crippen LogP contribution in [0, 0.1) is 11.8 Å². The van der Waals surface area contributed by atoms with Crippen molar-refractivity contribution in [2.24, 2.45) is 11.8 Å². The molecule has 1 aromatic heterocycles. The third kappa shape index (κ3) is 3.80. The molecule has 2 unspecified atom stereocenters. The van der Waals surface area contributed by atoms with Crippen LogP contribution in [0.3, 0.4) is 0 Å². The van der Waals surface area contributed by atoms with E-state index in [1.165, 1.54) is 17.4 Å². The fourth-order valence-corrected chi connectivity index (χ4v) is 2.59. The lowest BCUT2D eigenvalue weighted by Crippen LogP contribution is -2.26. The summed E-state index contributed by atoms with van der Waals surface area (Å²) < 4.78 is 0. The standard InChI is InChI=1S/C18H26N2/c1-4-10-19-13-15(3)14(2)12-16-9-11-20-18-8-6-5-7-17(16)18/h5-9,11,14-15,19H,4,10,12-13H2,1-3H3. The number of benzene rings is 1. The van der Waals surface area contributed by atoms with Gasteiger partial charge in [0.1, 0.15) is 0 Å². The van der Waals surface area contributed by atoms with Gasteiger partial charge in [0.25, 0.3) is 0 Å². The van der Waals surface area contributed by atoms with Gasteiger partial charge in [-0.3, -0.25) is 4.98 Å². The number of para-hydroxylation sites is 1.